The van der Waals surface area contributed by atoms with E-state index < -0.39 is 21.2 Å². The van der Waals surface area contributed by atoms with Gasteiger partial charge in [-0.2, -0.15) is 0 Å². The molecule has 0 aliphatic carbocycles. The van der Waals surface area contributed by atoms with Gasteiger partial charge < -0.3 is 9.67 Å². The number of carboxylic acids is 1. The lowest BCUT2D eigenvalue weighted by atomic mass is 9.98. The van der Waals surface area contributed by atoms with Gasteiger partial charge in [0.2, 0.25) is 15.7 Å². The molecular formula is C24H25N3O4S. The van der Waals surface area contributed by atoms with Gasteiger partial charge in [0.1, 0.15) is 5.69 Å². The molecule has 7 nitrogen and oxygen atoms in total. The summed E-state index contributed by atoms with van der Waals surface area (Å²) >= 11 is 0. The van der Waals surface area contributed by atoms with E-state index in [1.807, 2.05) is 19.1 Å². The quantitative estimate of drug-likeness (QED) is 0.476. The van der Waals surface area contributed by atoms with Gasteiger partial charge in [0.15, 0.2) is 0 Å². The second-order valence-corrected chi connectivity index (χ2v) is 9.90. The van der Waals surface area contributed by atoms with Gasteiger partial charge in [0, 0.05) is 23.9 Å². The fraction of sp³-hybridized carbons (Fsp3) is 0.250. The molecule has 0 spiro atoms. The normalized spacial score (nSPS) is 11.4. The summed E-state index contributed by atoms with van der Waals surface area (Å²) in [5.74, 6) is -1.09. The van der Waals surface area contributed by atoms with E-state index in [1.54, 1.807) is 61.9 Å². The molecule has 0 unspecified atom stereocenters. The van der Waals surface area contributed by atoms with Crippen LogP contribution >= 0.6 is 0 Å². The number of para-hydroxylation sites is 1. The molecule has 0 aliphatic heterocycles. The van der Waals surface area contributed by atoms with Crippen molar-refractivity contribution >= 4 is 27.4 Å². The molecule has 0 atom stereocenters. The number of nitrogens with one attached hydrogen (secondary N) is 1. The van der Waals surface area contributed by atoms with Crippen LogP contribution in [0.4, 0.5) is 11.4 Å². The average molecular weight is 452 g/mol. The van der Waals surface area contributed by atoms with Crippen LogP contribution in [-0.4, -0.2) is 29.3 Å². The van der Waals surface area contributed by atoms with E-state index in [2.05, 4.69) is 9.57 Å². The van der Waals surface area contributed by atoms with Gasteiger partial charge in [0.25, 0.3) is 0 Å². The molecule has 2 aromatic carbocycles. The molecule has 2 N–H and O–H groups in total. The Labute approximate surface area is 188 Å². The highest BCUT2D eigenvalue weighted by Gasteiger charge is 2.25. The largest absolute Gasteiger partial charge is 0.477 e. The maximum absolute atomic E-state index is 12.4. The maximum Gasteiger partial charge on any atom is 0.351 e. The molecule has 0 saturated carbocycles. The van der Waals surface area contributed by atoms with Crippen molar-refractivity contribution in [3.63, 3.8) is 0 Å². The predicted octanol–water partition coefficient (Wildman–Crippen LogP) is 5.32. The van der Waals surface area contributed by atoms with Crippen LogP contribution in [0.5, 0.6) is 0 Å². The van der Waals surface area contributed by atoms with Crippen molar-refractivity contribution < 1.29 is 18.3 Å². The maximum atomic E-state index is 12.4. The minimum atomic E-state index is -3.51. The molecule has 32 heavy (non-hydrogen) atoms. The molecule has 0 bridgehead atoms. The van der Waals surface area contributed by atoms with Crippen LogP contribution < -0.4 is 4.72 Å². The zero-order valence-corrected chi connectivity index (χ0v) is 19.2. The summed E-state index contributed by atoms with van der Waals surface area (Å²) in [6.45, 7) is 12.7. The fourth-order valence-electron chi connectivity index (χ4n) is 3.68. The van der Waals surface area contributed by atoms with Gasteiger partial charge in [-0.15, -0.1) is 0 Å². The first-order chi connectivity index (χ1) is 15.1. The van der Waals surface area contributed by atoms with Crippen molar-refractivity contribution in [3.05, 3.63) is 71.3 Å². The highest BCUT2D eigenvalue weighted by Crippen LogP contribution is 2.40. The summed E-state index contributed by atoms with van der Waals surface area (Å²) in [5.41, 5.74) is 4.04. The number of carbonyl (C=O) groups is 1. The lowest BCUT2D eigenvalue weighted by Crippen LogP contribution is -2.22. The minimum absolute atomic E-state index is 0.0747. The van der Waals surface area contributed by atoms with Crippen molar-refractivity contribution in [2.24, 2.45) is 7.05 Å². The summed E-state index contributed by atoms with van der Waals surface area (Å²) < 4.78 is 28.9. The third kappa shape index (κ3) is 4.12. The van der Waals surface area contributed by atoms with Crippen LogP contribution in [0.15, 0.2) is 48.5 Å². The molecule has 0 radical (unpaired) electrons. The second-order valence-electron chi connectivity index (χ2n) is 7.67. The van der Waals surface area contributed by atoms with E-state index in [0.29, 0.717) is 40.2 Å². The van der Waals surface area contributed by atoms with Crippen LogP contribution in [0.3, 0.4) is 0 Å². The van der Waals surface area contributed by atoms with Crippen molar-refractivity contribution in [1.29, 1.82) is 0 Å². The van der Waals surface area contributed by atoms with Gasteiger partial charge in [-0.25, -0.2) is 18.1 Å². The number of aromatic nitrogens is 1. The Morgan fingerprint density at radius 2 is 1.72 bits per heavy atom. The Morgan fingerprint density at radius 3 is 2.25 bits per heavy atom. The van der Waals surface area contributed by atoms with E-state index in [-0.39, 0.29) is 5.69 Å². The summed E-state index contributed by atoms with van der Waals surface area (Å²) in [5, 5.41) is 9.19. The van der Waals surface area contributed by atoms with Crippen LogP contribution in [0.25, 0.3) is 27.1 Å². The summed E-state index contributed by atoms with van der Waals surface area (Å²) in [4.78, 5) is 15.6. The molecule has 0 amide bonds. The number of hydrogen-bond acceptors (Lipinski definition) is 3. The summed E-state index contributed by atoms with van der Waals surface area (Å²) in [6.07, 6.45) is 0.538. The van der Waals surface area contributed by atoms with Crippen LogP contribution in [0.2, 0.25) is 0 Å². The predicted molar refractivity (Wildman–Crippen MR) is 127 cm³/mol. The van der Waals surface area contributed by atoms with Crippen LogP contribution in [0, 0.1) is 6.57 Å². The standard InChI is InChI=1S/C24H25N3O4S/c1-6-20-22(25-4)21(23(24(28)29)27(20)5)17-13-11-16(12-14-17)18-9-7-8-10-19(18)26-32(30,31)15(2)3/h7-15,26H,6H2,1-3,5H3,(H,28,29). The lowest BCUT2D eigenvalue weighted by Gasteiger charge is -2.15. The van der Waals surface area contributed by atoms with Crippen molar-refractivity contribution in [3.8, 4) is 22.3 Å². The lowest BCUT2D eigenvalue weighted by molar-refractivity contribution is 0.0687. The summed E-state index contributed by atoms with van der Waals surface area (Å²) in [6, 6.07) is 14.2. The SMILES string of the molecule is [C-]#[N+]c1c(-c2ccc(-c3ccccc3NS(=O)(=O)C(C)C)cc2)c(C(=O)O)n(C)c1CC. The Morgan fingerprint density at radius 1 is 1.12 bits per heavy atom. The van der Waals surface area contributed by atoms with Gasteiger partial charge >= 0.3 is 5.97 Å². The number of aromatic carboxylic acids is 1. The van der Waals surface area contributed by atoms with E-state index in [4.69, 9.17) is 6.57 Å². The third-order valence-corrected chi connectivity index (χ3v) is 7.17. The van der Waals surface area contributed by atoms with Gasteiger partial charge in [-0.05, 0) is 37.5 Å². The molecule has 0 saturated heterocycles. The number of hydrogen-bond donors (Lipinski definition) is 2. The number of sulfonamides is 1. The number of nitrogens with zero attached hydrogens (tertiary/aromatic N) is 2. The molecular weight excluding hydrogens is 426 g/mol. The van der Waals surface area contributed by atoms with Crippen LogP contribution in [0.1, 0.15) is 37.0 Å². The summed E-state index contributed by atoms with van der Waals surface area (Å²) in [7, 11) is -1.85. The monoisotopic (exact) mass is 451 g/mol. The Kier molecular flexibility index (Phi) is 6.42. The van der Waals surface area contributed by atoms with E-state index in [1.165, 1.54) is 0 Å². The molecule has 0 aliphatic rings. The van der Waals surface area contributed by atoms with E-state index in [9.17, 15) is 18.3 Å². The second kappa shape index (κ2) is 8.89. The highest BCUT2D eigenvalue weighted by atomic mass is 32.2. The number of benzene rings is 2. The first kappa shape index (κ1) is 23.1. The first-order valence-electron chi connectivity index (χ1n) is 10.2. The smallest absolute Gasteiger partial charge is 0.351 e. The van der Waals surface area contributed by atoms with Gasteiger partial charge in [-0.3, -0.25) is 4.72 Å². The number of anilines is 1. The van der Waals surface area contributed by atoms with Gasteiger partial charge in [-0.1, -0.05) is 49.4 Å². The molecule has 166 valence electrons. The molecule has 3 rings (SSSR count). The minimum Gasteiger partial charge on any atom is -0.477 e. The van der Waals surface area contributed by atoms with E-state index in [0.717, 1.165) is 5.56 Å². The van der Waals surface area contributed by atoms with Crippen molar-refractivity contribution in [2.45, 2.75) is 32.4 Å². The Hall–Kier alpha value is -3.57. The Bertz CT molecular complexity index is 1310. The molecule has 1 heterocycles. The van der Waals surface area contributed by atoms with E-state index >= 15 is 0 Å². The Balaban J connectivity index is 2.11. The topological polar surface area (TPSA) is 92.8 Å². The molecule has 0 fully saturated rings. The number of carboxylic acid groups (broad SMARTS) is 1. The highest BCUT2D eigenvalue weighted by molar-refractivity contribution is 7.93. The average Bonchev–Trinajstić information content (AvgIpc) is 3.05. The van der Waals surface area contributed by atoms with Crippen LogP contribution in [-0.2, 0) is 23.5 Å². The van der Waals surface area contributed by atoms with Crippen molar-refractivity contribution in [2.75, 3.05) is 4.72 Å². The zero-order chi connectivity index (χ0) is 23.6. The molecule has 1 aromatic heterocycles. The van der Waals surface area contributed by atoms with Gasteiger partial charge in [0.05, 0.1) is 17.5 Å². The zero-order valence-electron chi connectivity index (χ0n) is 18.4. The first-order valence-corrected chi connectivity index (χ1v) is 11.7. The van der Waals surface area contributed by atoms with Crippen molar-refractivity contribution in [1.82, 2.24) is 4.57 Å². The fourth-order valence-corrected chi connectivity index (χ4v) is 4.40. The third-order valence-electron chi connectivity index (χ3n) is 5.42. The number of rotatable bonds is 7. The molecule has 3 aromatic rings. The molecule has 8 heteroatoms.